The lowest BCUT2D eigenvalue weighted by Gasteiger charge is -2.26. The van der Waals surface area contributed by atoms with Gasteiger partial charge < -0.3 is 10.6 Å². The summed E-state index contributed by atoms with van der Waals surface area (Å²) in [6, 6.07) is 6.93. The van der Waals surface area contributed by atoms with E-state index >= 15 is 0 Å². The predicted octanol–water partition coefficient (Wildman–Crippen LogP) is 3.12. The van der Waals surface area contributed by atoms with E-state index in [4.69, 9.17) is 5.73 Å². The Balaban J connectivity index is 3.02. The van der Waals surface area contributed by atoms with Gasteiger partial charge in [0.05, 0.1) is 0 Å². The molecule has 0 spiro atoms. The van der Waals surface area contributed by atoms with Gasteiger partial charge >= 0.3 is 0 Å². The van der Waals surface area contributed by atoms with Crippen LogP contribution in [-0.2, 0) is 6.42 Å². The Hall–Kier alpha value is -1.02. The second-order valence-corrected chi connectivity index (χ2v) is 4.89. The van der Waals surface area contributed by atoms with Crippen molar-refractivity contribution in [3.63, 3.8) is 0 Å². The molecule has 2 N–H and O–H groups in total. The van der Waals surface area contributed by atoms with Crippen molar-refractivity contribution >= 4 is 5.69 Å². The van der Waals surface area contributed by atoms with Crippen LogP contribution in [0.25, 0.3) is 0 Å². The fraction of sp³-hybridized carbons (Fsp3) is 0.600. The number of benzene rings is 1. The molecule has 0 radical (unpaired) electrons. The summed E-state index contributed by atoms with van der Waals surface area (Å²) in [5, 5.41) is 0. The summed E-state index contributed by atoms with van der Waals surface area (Å²) in [6.07, 6.45) is 2.14. The first-order valence-electron chi connectivity index (χ1n) is 6.68. The van der Waals surface area contributed by atoms with Gasteiger partial charge in [0, 0.05) is 24.8 Å². The molecule has 2 heteroatoms. The summed E-state index contributed by atoms with van der Waals surface area (Å²) in [5.41, 5.74) is 10.0. The van der Waals surface area contributed by atoms with Crippen LogP contribution >= 0.6 is 0 Å². The SMILES string of the molecule is CCCN(CC)c1ccc(C)cc1CC(C)N. The zero-order valence-corrected chi connectivity index (χ0v) is 11.7. The van der Waals surface area contributed by atoms with Crippen molar-refractivity contribution in [2.75, 3.05) is 18.0 Å². The molecular formula is C15H26N2. The number of rotatable bonds is 6. The van der Waals surface area contributed by atoms with E-state index in [-0.39, 0.29) is 6.04 Å². The van der Waals surface area contributed by atoms with Crippen LogP contribution in [0.4, 0.5) is 5.69 Å². The van der Waals surface area contributed by atoms with E-state index < -0.39 is 0 Å². The summed E-state index contributed by atoms with van der Waals surface area (Å²) in [5.74, 6) is 0. The lowest BCUT2D eigenvalue weighted by Crippen LogP contribution is -2.26. The van der Waals surface area contributed by atoms with Crippen molar-refractivity contribution in [3.05, 3.63) is 29.3 Å². The van der Waals surface area contributed by atoms with E-state index in [2.05, 4.69) is 50.8 Å². The molecule has 2 nitrogen and oxygen atoms in total. The van der Waals surface area contributed by atoms with Gasteiger partial charge in [-0.1, -0.05) is 24.6 Å². The molecule has 0 aliphatic carbocycles. The Morgan fingerprint density at radius 1 is 1.29 bits per heavy atom. The summed E-state index contributed by atoms with van der Waals surface area (Å²) in [7, 11) is 0. The average Bonchev–Trinajstić information content (AvgIpc) is 2.26. The normalized spacial score (nSPS) is 12.5. The molecule has 1 aromatic rings. The molecule has 1 unspecified atom stereocenters. The van der Waals surface area contributed by atoms with Crippen LogP contribution in [0, 0.1) is 6.92 Å². The molecule has 0 aliphatic rings. The molecule has 1 atom stereocenters. The van der Waals surface area contributed by atoms with Crippen LogP contribution in [0.3, 0.4) is 0 Å². The molecule has 0 saturated carbocycles. The van der Waals surface area contributed by atoms with E-state index in [1.54, 1.807) is 0 Å². The Morgan fingerprint density at radius 3 is 2.53 bits per heavy atom. The molecule has 0 saturated heterocycles. The van der Waals surface area contributed by atoms with Crippen LogP contribution in [0.15, 0.2) is 18.2 Å². The number of aryl methyl sites for hydroxylation is 1. The lowest BCUT2D eigenvalue weighted by atomic mass is 10.0. The first-order chi connectivity index (χ1) is 8.08. The Bertz CT molecular complexity index is 345. The minimum atomic E-state index is 0.218. The van der Waals surface area contributed by atoms with Crippen LogP contribution in [0.2, 0.25) is 0 Å². The number of anilines is 1. The Kier molecular flexibility index (Phi) is 5.49. The molecule has 0 amide bonds. The second-order valence-electron chi connectivity index (χ2n) is 4.89. The number of nitrogens with zero attached hydrogens (tertiary/aromatic N) is 1. The van der Waals surface area contributed by atoms with Gasteiger partial charge in [0.2, 0.25) is 0 Å². The quantitative estimate of drug-likeness (QED) is 0.819. The average molecular weight is 234 g/mol. The van der Waals surface area contributed by atoms with E-state index in [0.29, 0.717) is 0 Å². The molecule has 0 aliphatic heterocycles. The van der Waals surface area contributed by atoms with Gasteiger partial charge in [-0.3, -0.25) is 0 Å². The van der Waals surface area contributed by atoms with Crippen LogP contribution in [0.5, 0.6) is 0 Å². The van der Waals surface area contributed by atoms with Crippen molar-refractivity contribution in [2.24, 2.45) is 5.73 Å². The topological polar surface area (TPSA) is 29.3 Å². The summed E-state index contributed by atoms with van der Waals surface area (Å²) < 4.78 is 0. The van der Waals surface area contributed by atoms with Gasteiger partial charge in [-0.05, 0) is 45.2 Å². The number of nitrogens with two attached hydrogens (primary N) is 1. The maximum absolute atomic E-state index is 5.94. The number of hydrogen-bond donors (Lipinski definition) is 1. The molecule has 0 fully saturated rings. The van der Waals surface area contributed by atoms with Crippen LogP contribution in [-0.4, -0.2) is 19.1 Å². The third-order valence-electron chi connectivity index (χ3n) is 2.99. The highest BCUT2D eigenvalue weighted by Gasteiger charge is 2.10. The third kappa shape index (κ3) is 4.04. The monoisotopic (exact) mass is 234 g/mol. The maximum Gasteiger partial charge on any atom is 0.0399 e. The van der Waals surface area contributed by atoms with Crippen molar-refractivity contribution < 1.29 is 0 Å². The third-order valence-corrected chi connectivity index (χ3v) is 2.99. The van der Waals surface area contributed by atoms with Crippen molar-refractivity contribution in [3.8, 4) is 0 Å². The standard InChI is InChI=1S/C15H26N2/c1-5-9-17(6-2)15-8-7-12(3)10-14(15)11-13(4)16/h7-8,10,13H,5-6,9,11,16H2,1-4H3. The van der Waals surface area contributed by atoms with Crippen LogP contribution < -0.4 is 10.6 Å². The van der Waals surface area contributed by atoms with Gasteiger partial charge in [0.15, 0.2) is 0 Å². The highest BCUT2D eigenvalue weighted by molar-refractivity contribution is 5.55. The molecule has 0 aromatic heterocycles. The van der Waals surface area contributed by atoms with E-state index in [1.165, 1.54) is 23.2 Å². The summed E-state index contributed by atoms with van der Waals surface area (Å²) in [4.78, 5) is 2.44. The Morgan fingerprint density at radius 2 is 2.00 bits per heavy atom. The molecule has 1 aromatic carbocycles. The zero-order chi connectivity index (χ0) is 12.8. The molecule has 96 valence electrons. The number of hydrogen-bond acceptors (Lipinski definition) is 2. The van der Waals surface area contributed by atoms with Crippen molar-refractivity contribution in [1.29, 1.82) is 0 Å². The first-order valence-corrected chi connectivity index (χ1v) is 6.68. The Labute approximate surface area is 106 Å². The predicted molar refractivity (Wildman–Crippen MR) is 76.7 cm³/mol. The lowest BCUT2D eigenvalue weighted by molar-refractivity contribution is 0.725. The molecular weight excluding hydrogens is 208 g/mol. The van der Waals surface area contributed by atoms with E-state index in [1.807, 2.05) is 0 Å². The van der Waals surface area contributed by atoms with Crippen molar-refractivity contribution in [1.82, 2.24) is 0 Å². The highest BCUT2D eigenvalue weighted by Crippen LogP contribution is 2.23. The minimum absolute atomic E-state index is 0.218. The van der Waals surface area contributed by atoms with Gasteiger partial charge in [-0.2, -0.15) is 0 Å². The van der Waals surface area contributed by atoms with Gasteiger partial charge in [0.25, 0.3) is 0 Å². The summed E-state index contributed by atoms with van der Waals surface area (Å²) in [6.45, 7) is 10.8. The molecule has 17 heavy (non-hydrogen) atoms. The van der Waals surface area contributed by atoms with Gasteiger partial charge in [-0.15, -0.1) is 0 Å². The van der Waals surface area contributed by atoms with Gasteiger partial charge in [-0.25, -0.2) is 0 Å². The second kappa shape index (κ2) is 6.65. The molecule has 0 heterocycles. The highest BCUT2D eigenvalue weighted by atomic mass is 15.1. The first kappa shape index (κ1) is 14.0. The molecule has 0 bridgehead atoms. The minimum Gasteiger partial charge on any atom is -0.372 e. The zero-order valence-electron chi connectivity index (χ0n) is 11.7. The molecule has 1 rings (SSSR count). The largest absolute Gasteiger partial charge is 0.372 e. The van der Waals surface area contributed by atoms with Crippen molar-refractivity contribution in [2.45, 2.75) is 46.6 Å². The summed E-state index contributed by atoms with van der Waals surface area (Å²) >= 11 is 0. The van der Waals surface area contributed by atoms with Gasteiger partial charge in [0.1, 0.15) is 0 Å². The van der Waals surface area contributed by atoms with E-state index in [0.717, 1.165) is 19.5 Å². The van der Waals surface area contributed by atoms with E-state index in [9.17, 15) is 0 Å². The fourth-order valence-electron chi connectivity index (χ4n) is 2.25. The van der Waals surface area contributed by atoms with Crippen LogP contribution in [0.1, 0.15) is 38.3 Å². The maximum atomic E-state index is 5.94. The fourth-order valence-corrected chi connectivity index (χ4v) is 2.25. The smallest absolute Gasteiger partial charge is 0.0399 e.